The molecule has 22 heavy (non-hydrogen) atoms. The lowest BCUT2D eigenvalue weighted by atomic mass is 9.89. The average molecular weight is 317 g/mol. The largest absolute Gasteiger partial charge is 0.391 e. The normalized spacial score (nSPS) is 12.9. The maximum Gasteiger partial charge on any atom is 0.145 e. The van der Waals surface area contributed by atoms with Gasteiger partial charge in [-0.25, -0.2) is 4.98 Å². The van der Waals surface area contributed by atoms with Gasteiger partial charge in [0.1, 0.15) is 10.8 Å². The first kappa shape index (κ1) is 16.8. The molecule has 0 aliphatic carbocycles. The first-order valence-corrected chi connectivity index (χ1v) is 8.34. The van der Waals surface area contributed by atoms with E-state index < -0.39 is 6.10 Å². The molecule has 1 unspecified atom stereocenters. The molecule has 1 aromatic heterocycles. The summed E-state index contributed by atoms with van der Waals surface area (Å²) < 4.78 is 0. The molecular formula is C17H23N3OS. The lowest BCUT2D eigenvalue weighted by molar-refractivity contribution is 0.0745. The minimum atomic E-state index is -0.435. The van der Waals surface area contributed by atoms with Crippen molar-refractivity contribution in [2.75, 3.05) is 11.9 Å². The number of aromatic nitrogens is 2. The first-order valence-electron chi connectivity index (χ1n) is 7.36. The highest BCUT2D eigenvalue weighted by Crippen LogP contribution is 2.22. The quantitative estimate of drug-likeness (QED) is 0.797. The highest BCUT2D eigenvalue weighted by molar-refractivity contribution is 7.98. The van der Waals surface area contributed by atoms with Crippen molar-refractivity contribution in [3.05, 3.63) is 48.3 Å². The number of aliphatic hydroxyl groups excluding tert-OH is 1. The maximum absolute atomic E-state index is 10.1. The fourth-order valence-corrected chi connectivity index (χ4v) is 2.55. The Morgan fingerprint density at radius 3 is 2.59 bits per heavy atom. The van der Waals surface area contributed by atoms with Crippen LogP contribution < -0.4 is 5.32 Å². The average Bonchev–Trinajstić information content (AvgIpc) is 2.51. The van der Waals surface area contributed by atoms with Gasteiger partial charge in [-0.2, -0.15) is 0 Å². The second kappa shape index (κ2) is 7.61. The summed E-state index contributed by atoms with van der Waals surface area (Å²) in [7, 11) is 0. The van der Waals surface area contributed by atoms with Crippen molar-refractivity contribution < 1.29 is 5.11 Å². The molecule has 1 atom stereocenters. The van der Waals surface area contributed by atoms with Crippen LogP contribution in [-0.2, 0) is 5.75 Å². The third kappa shape index (κ3) is 5.31. The predicted molar refractivity (Wildman–Crippen MR) is 92.0 cm³/mol. The Kier molecular flexibility index (Phi) is 5.80. The Morgan fingerprint density at radius 1 is 1.18 bits per heavy atom. The summed E-state index contributed by atoms with van der Waals surface area (Å²) >= 11 is 1.65. The van der Waals surface area contributed by atoms with E-state index >= 15 is 0 Å². The van der Waals surface area contributed by atoms with E-state index in [1.54, 1.807) is 24.2 Å². The van der Waals surface area contributed by atoms with Gasteiger partial charge >= 0.3 is 0 Å². The molecule has 1 aromatic carbocycles. The van der Waals surface area contributed by atoms with Crippen molar-refractivity contribution in [3.63, 3.8) is 0 Å². The molecule has 118 valence electrons. The van der Waals surface area contributed by atoms with E-state index in [1.807, 2.05) is 39.0 Å². The van der Waals surface area contributed by atoms with Gasteiger partial charge in [-0.15, -0.1) is 11.8 Å². The zero-order valence-corrected chi connectivity index (χ0v) is 14.1. The third-order valence-corrected chi connectivity index (χ3v) is 4.29. The maximum atomic E-state index is 10.1. The lowest BCUT2D eigenvalue weighted by Crippen LogP contribution is -2.33. The van der Waals surface area contributed by atoms with Crippen molar-refractivity contribution in [1.82, 2.24) is 9.97 Å². The molecule has 0 aliphatic rings. The number of benzene rings is 1. The smallest absolute Gasteiger partial charge is 0.145 e. The van der Waals surface area contributed by atoms with Gasteiger partial charge in [0.05, 0.1) is 18.5 Å². The molecule has 1 heterocycles. The number of hydrogen-bond acceptors (Lipinski definition) is 5. The number of nitrogens with one attached hydrogen (secondary N) is 1. The highest BCUT2D eigenvalue weighted by Gasteiger charge is 2.21. The van der Waals surface area contributed by atoms with Crippen LogP contribution in [0.3, 0.4) is 0 Å². The van der Waals surface area contributed by atoms with E-state index in [9.17, 15) is 5.11 Å². The zero-order valence-electron chi connectivity index (χ0n) is 13.3. The summed E-state index contributed by atoms with van der Waals surface area (Å²) in [6.45, 7) is 6.50. The minimum Gasteiger partial charge on any atom is -0.391 e. The highest BCUT2D eigenvalue weighted by atomic mass is 32.2. The van der Waals surface area contributed by atoms with Gasteiger partial charge in [0, 0.05) is 12.3 Å². The van der Waals surface area contributed by atoms with Gasteiger partial charge in [0.15, 0.2) is 0 Å². The molecule has 5 heteroatoms. The Hall–Kier alpha value is -1.59. The zero-order chi connectivity index (χ0) is 16.0. The number of thioether (sulfide) groups is 1. The fourth-order valence-electron chi connectivity index (χ4n) is 1.74. The van der Waals surface area contributed by atoms with Crippen molar-refractivity contribution in [3.8, 4) is 0 Å². The Balaban J connectivity index is 1.90. The molecule has 2 rings (SSSR count). The molecule has 0 amide bonds. The van der Waals surface area contributed by atoms with E-state index in [1.165, 1.54) is 5.56 Å². The first-order chi connectivity index (χ1) is 10.4. The van der Waals surface area contributed by atoms with Crippen LogP contribution in [-0.4, -0.2) is 27.7 Å². The molecule has 0 saturated heterocycles. The fraction of sp³-hybridized carbons (Fsp3) is 0.412. The van der Waals surface area contributed by atoms with Crippen LogP contribution in [0.4, 0.5) is 5.82 Å². The van der Waals surface area contributed by atoms with Gasteiger partial charge in [-0.05, 0) is 11.0 Å². The standard InChI is InChI=1S/C17H23N3OS/c1-17(2,3)14(21)9-19-15-10-18-11-16(20-15)22-12-13-7-5-4-6-8-13/h4-8,10-11,14,21H,9,12H2,1-3H3,(H,19,20). The Bertz CT molecular complexity index is 584. The number of rotatable bonds is 6. The lowest BCUT2D eigenvalue weighted by Gasteiger charge is -2.26. The minimum absolute atomic E-state index is 0.153. The molecule has 0 spiro atoms. The van der Waals surface area contributed by atoms with Crippen LogP contribution in [0.15, 0.2) is 47.8 Å². The summed E-state index contributed by atoms with van der Waals surface area (Å²) in [5, 5.41) is 14.1. The van der Waals surface area contributed by atoms with Crippen LogP contribution in [0.1, 0.15) is 26.3 Å². The summed E-state index contributed by atoms with van der Waals surface area (Å²) in [6.07, 6.45) is 3.01. The molecule has 2 N–H and O–H groups in total. The Labute approximate surface area is 136 Å². The van der Waals surface area contributed by atoms with E-state index in [2.05, 4.69) is 27.4 Å². The molecule has 0 bridgehead atoms. The summed E-state index contributed by atoms with van der Waals surface area (Å²) in [5.41, 5.74) is 1.11. The van der Waals surface area contributed by atoms with Crippen LogP contribution in [0.25, 0.3) is 0 Å². The summed E-state index contributed by atoms with van der Waals surface area (Å²) in [6, 6.07) is 10.3. The van der Waals surface area contributed by atoms with Crippen molar-refractivity contribution in [1.29, 1.82) is 0 Å². The SMILES string of the molecule is CC(C)(C)C(O)CNc1cncc(SCc2ccccc2)n1. The van der Waals surface area contributed by atoms with E-state index in [-0.39, 0.29) is 5.41 Å². The number of anilines is 1. The van der Waals surface area contributed by atoms with Crippen molar-refractivity contribution in [2.45, 2.75) is 37.7 Å². The second-order valence-electron chi connectivity index (χ2n) is 6.28. The molecule has 0 fully saturated rings. The number of hydrogen-bond donors (Lipinski definition) is 2. The molecule has 2 aromatic rings. The van der Waals surface area contributed by atoms with Crippen LogP contribution in [0.5, 0.6) is 0 Å². The molecule has 0 radical (unpaired) electrons. The van der Waals surface area contributed by atoms with Gasteiger partial charge < -0.3 is 10.4 Å². The molecular weight excluding hydrogens is 294 g/mol. The van der Waals surface area contributed by atoms with Crippen LogP contribution in [0, 0.1) is 5.41 Å². The van der Waals surface area contributed by atoms with Crippen LogP contribution >= 0.6 is 11.8 Å². The van der Waals surface area contributed by atoms with E-state index in [0.29, 0.717) is 12.4 Å². The molecule has 0 saturated carbocycles. The second-order valence-corrected chi connectivity index (χ2v) is 7.28. The van der Waals surface area contributed by atoms with E-state index in [0.717, 1.165) is 10.8 Å². The number of nitrogens with zero attached hydrogens (tertiary/aromatic N) is 2. The monoisotopic (exact) mass is 317 g/mol. The Morgan fingerprint density at radius 2 is 1.91 bits per heavy atom. The number of aliphatic hydroxyl groups is 1. The molecule has 0 aliphatic heterocycles. The van der Waals surface area contributed by atoms with Crippen molar-refractivity contribution >= 4 is 17.6 Å². The van der Waals surface area contributed by atoms with Gasteiger partial charge in [-0.1, -0.05) is 51.1 Å². The third-order valence-electron chi connectivity index (χ3n) is 3.32. The van der Waals surface area contributed by atoms with Crippen molar-refractivity contribution in [2.24, 2.45) is 5.41 Å². The summed E-state index contributed by atoms with van der Waals surface area (Å²) in [4.78, 5) is 8.73. The van der Waals surface area contributed by atoms with E-state index in [4.69, 9.17) is 0 Å². The van der Waals surface area contributed by atoms with Gasteiger partial charge in [-0.3, -0.25) is 4.98 Å². The predicted octanol–water partition coefficient (Wildman–Crippen LogP) is 3.59. The molecule has 4 nitrogen and oxygen atoms in total. The van der Waals surface area contributed by atoms with Crippen LogP contribution in [0.2, 0.25) is 0 Å². The summed E-state index contributed by atoms with van der Waals surface area (Å²) in [5.74, 6) is 1.56. The topological polar surface area (TPSA) is 58.0 Å². The van der Waals surface area contributed by atoms with Gasteiger partial charge in [0.25, 0.3) is 0 Å². The van der Waals surface area contributed by atoms with Gasteiger partial charge in [0.2, 0.25) is 0 Å².